The van der Waals surface area contributed by atoms with Gasteiger partial charge in [-0.2, -0.15) is 0 Å². The van der Waals surface area contributed by atoms with Crippen LogP contribution in [0.1, 0.15) is 32.0 Å². The minimum absolute atomic E-state index is 0.195. The molecule has 146 valence electrons. The fourth-order valence-corrected chi connectivity index (χ4v) is 2.84. The van der Waals surface area contributed by atoms with Gasteiger partial charge >= 0.3 is 0 Å². The molecule has 0 saturated heterocycles. The van der Waals surface area contributed by atoms with Gasteiger partial charge < -0.3 is 15.5 Å². The summed E-state index contributed by atoms with van der Waals surface area (Å²) in [5.41, 5.74) is 2.54. The quantitative estimate of drug-likeness (QED) is 0.524. The molecule has 0 spiro atoms. The number of aromatic nitrogens is 1. The monoisotopic (exact) mass is 371 g/mol. The number of aliphatic imine (C=N–C) groups is 1. The summed E-state index contributed by atoms with van der Waals surface area (Å²) in [5.74, 6) is 0.529. The molecule has 5 nitrogen and oxygen atoms in total. The lowest BCUT2D eigenvalue weighted by Gasteiger charge is -2.21. The Morgan fingerprint density at radius 3 is 2.56 bits per heavy atom. The van der Waals surface area contributed by atoms with E-state index < -0.39 is 0 Å². The van der Waals surface area contributed by atoms with Crippen LogP contribution in [0.5, 0.6) is 0 Å². The fraction of sp³-hybridized carbons (Fsp3) is 0.429. The summed E-state index contributed by atoms with van der Waals surface area (Å²) in [6.45, 7) is 9.58. The second-order valence-electron chi connectivity index (χ2n) is 6.15. The number of nitrogens with one attached hydrogen (secondary N) is 2. The highest BCUT2D eigenvalue weighted by molar-refractivity contribution is 5.79. The lowest BCUT2D eigenvalue weighted by Crippen LogP contribution is -2.38. The van der Waals surface area contributed by atoms with Crippen molar-refractivity contribution < 1.29 is 4.39 Å². The molecule has 27 heavy (non-hydrogen) atoms. The molecule has 1 heterocycles. The van der Waals surface area contributed by atoms with Crippen LogP contribution in [0.3, 0.4) is 0 Å². The third-order valence-corrected chi connectivity index (χ3v) is 4.28. The molecule has 0 bridgehead atoms. The summed E-state index contributed by atoms with van der Waals surface area (Å²) < 4.78 is 14.4. The summed E-state index contributed by atoms with van der Waals surface area (Å²) in [6.07, 6.45) is 2.61. The van der Waals surface area contributed by atoms with Crippen LogP contribution < -0.4 is 15.5 Å². The van der Waals surface area contributed by atoms with Crippen molar-refractivity contribution in [3.8, 4) is 0 Å². The minimum Gasteiger partial charge on any atom is -0.370 e. The van der Waals surface area contributed by atoms with E-state index in [1.165, 1.54) is 0 Å². The zero-order chi connectivity index (χ0) is 19.5. The number of hydrogen-bond acceptors (Lipinski definition) is 3. The predicted molar refractivity (Wildman–Crippen MR) is 111 cm³/mol. The lowest BCUT2D eigenvalue weighted by molar-refractivity contribution is 0.617. The number of benzene rings is 1. The topological polar surface area (TPSA) is 52.6 Å². The van der Waals surface area contributed by atoms with Crippen LogP contribution in [0.15, 0.2) is 47.6 Å². The van der Waals surface area contributed by atoms with Crippen molar-refractivity contribution in [3.63, 3.8) is 0 Å². The number of guanidine groups is 1. The Bertz CT molecular complexity index is 714. The number of pyridine rings is 1. The van der Waals surface area contributed by atoms with Gasteiger partial charge in [0.1, 0.15) is 5.82 Å². The van der Waals surface area contributed by atoms with Gasteiger partial charge in [0, 0.05) is 44.5 Å². The van der Waals surface area contributed by atoms with E-state index in [2.05, 4.69) is 20.6 Å². The van der Waals surface area contributed by atoms with Crippen molar-refractivity contribution in [2.75, 3.05) is 31.1 Å². The molecular weight excluding hydrogens is 341 g/mol. The van der Waals surface area contributed by atoms with Crippen LogP contribution in [0.25, 0.3) is 0 Å². The fourth-order valence-electron chi connectivity index (χ4n) is 2.84. The van der Waals surface area contributed by atoms with E-state index in [0.29, 0.717) is 12.2 Å². The van der Waals surface area contributed by atoms with Crippen LogP contribution in [0, 0.1) is 5.82 Å². The number of hydrogen-bond donors (Lipinski definition) is 2. The average molecular weight is 372 g/mol. The van der Waals surface area contributed by atoms with Gasteiger partial charge in [0.15, 0.2) is 5.96 Å². The standard InChI is InChI=1S/C21H30FN5/c1-4-23-21(25-14-12-18-9-7-8-13-24-18)26-16-17-10-11-20(19(22)15-17)27(5-2)6-3/h7-11,13,15H,4-6,12,14,16H2,1-3H3,(H2,23,25,26). The number of anilines is 1. The van der Waals surface area contributed by atoms with Gasteiger partial charge in [0.2, 0.25) is 0 Å². The molecule has 0 saturated carbocycles. The maximum Gasteiger partial charge on any atom is 0.191 e. The maximum absolute atomic E-state index is 14.4. The molecule has 0 radical (unpaired) electrons. The average Bonchev–Trinajstić information content (AvgIpc) is 2.69. The highest BCUT2D eigenvalue weighted by Crippen LogP contribution is 2.20. The Morgan fingerprint density at radius 1 is 1.11 bits per heavy atom. The number of halogens is 1. The van der Waals surface area contributed by atoms with Gasteiger partial charge in [-0.3, -0.25) is 4.98 Å². The van der Waals surface area contributed by atoms with Crippen molar-refractivity contribution in [2.24, 2.45) is 4.99 Å². The van der Waals surface area contributed by atoms with Crippen molar-refractivity contribution in [1.29, 1.82) is 0 Å². The molecule has 0 fully saturated rings. The first-order valence-electron chi connectivity index (χ1n) is 9.63. The van der Waals surface area contributed by atoms with Crippen molar-refractivity contribution >= 4 is 11.6 Å². The first-order chi connectivity index (χ1) is 13.2. The maximum atomic E-state index is 14.4. The molecule has 0 aliphatic heterocycles. The van der Waals surface area contributed by atoms with Crippen LogP contribution in [-0.4, -0.2) is 37.1 Å². The Morgan fingerprint density at radius 2 is 1.93 bits per heavy atom. The second kappa shape index (κ2) is 11.2. The summed E-state index contributed by atoms with van der Waals surface area (Å²) >= 11 is 0. The molecule has 0 atom stereocenters. The zero-order valence-corrected chi connectivity index (χ0v) is 16.5. The summed E-state index contributed by atoms with van der Waals surface area (Å²) in [5, 5.41) is 6.52. The van der Waals surface area contributed by atoms with Crippen LogP contribution >= 0.6 is 0 Å². The molecule has 1 aromatic heterocycles. The Labute approximate surface area is 161 Å². The number of nitrogens with zero attached hydrogens (tertiary/aromatic N) is 3. The van der Waals surface area contributed by atoms with Crippen LogP contribution in [0.2, 0.25) is 0 Å². The van der Waals surface area contributed by atoms with E-state index >= 15 is 0 Å². The number of rotatable bonds is 9. The molecule has 2 aromatic rings. The van der Waals surface area contributed by atoms with Gasteiger partial charge in [0.05, 0.1) is 12.2 Å². The molecular formula is C21H30FN5. The van der Waals surface area contributed by atoms with E-state index in [9.17, 15) is 4.39 Å². The molecule has 0 aliphatic carbocycles. The van der Waals surface area contributed by atoms with Gasteiger partial charge in [-0.1, -0.05) is 12.1 Å². The SMILES string of the molecule is CCNC(=NCc1ccc(N(CC)CC)c(F)c1)NCCc1ccccn1. The smallest absolute Gasteiger partial charge is 0.191 e. The molecule has 0 amide bonds. The van der Waals surface area contributed by atoms with Gasteiger partial charge in [-0.25, -0.2) is 9.38 Å². The van der Waals surface area contributed by atoms with Crippen LogP contribution in [-0.2, 0) is 13.0 Å². The third-order valence-electron chi connectivity index (χ3n) is 4.28. The van der Waals surface area contributed by atoms with E-state index in [1.54, 1.807) is 12.3 Å². The molecule has 2 N–H and O–H groups in total. The first-order valence-corrected chi connectivity index (χ1v) is 9.63. The van der Waals surface area contributed by atoms with Crippen molar-refractivity contribution in [3.05, 3.63) is 59.7 Å². The van der Waals surface area contributed by atoms with E-state index in [0.717, 1.165) is 49.8 Å². The molecule has 2 rings (SSSR count). The van der Waals surface area contributed by atoms with Gasteiger partial charge in [-0.15, -0.1) is 0 Å². The first kappa shape index (κ1) is 20.7. The molecule has 1 aromatic carbocycles. The normalized spacial score (nSPS) is 11.3. The molecule has 6 heteroatoms. The van der Waals surface area contributed by atoms with E-state index in [4.69, 9.17) is 0 Å². The van der Waals surface area contributed by atoms with E-state index in [1.807, 2.05) is 56.0 Å². The Balaban J connectivity index is 1.96. The summed E-state index contributed by atoms with van der Waals surface area (Å²) in [7, 11) is 0. The zero-order valence-electron chi connectivity index (χ0n) is 16.5. The summed E-state index contributed by atoms with van der Waals surface area (Å²) in [4.78, 5) is 10.9. The summed E-state index contributed by atoms with van der Waals surface area (Å²) in [6, 6.07) is 11.3. The minimum atomic E-state index is -0.195. The second-order valence-corrected chi connectivity index (χ2v) is 6.15. The van der Waals surface area contributed by atoms with Gasteiger partial charge in [0.25, 0.3) is 0 Å². The highest BCUT2D eigenvalue weighted by Gasteiger charge is 2.09. The predicted octanol–water partition coefficient (Wildman–Crippen LogP) is 3.36. The van der Waals surface area contributed by atoms with Gasteiger partial charge in [-0.05, 0) is 50.6 Å². The third kappa shape index (κ3) is 6.55. The Kier molecular flexibility index (Phi) is 8.55. The van der Waals surface area contributed by atoms with Crippen molar-refractivity contribution in [1.82, 2.24) is 15.6 Å². The van der Waals surface area contributed by atoms with E-state index in [-0.39, 0.29) is 5.82 Å². The largest absolute Gasteiger partial charge is 0.370 e. The highest BCUT2D eigenvalue weighted by atomic mass is 19.1. The lowest BCUT2D eigenvalue weighted by atomic mass is 10.2. The molecule has 0 aliphatic rings. The molecule has 0 unspecified atom stereocenters. The van der Waals surface area contributed by atoms with Crippen molar-refractivity contribution in [2.45, 2.75) is 33.7 Å². The van der Waals surface area contributed by atoms with Crippen LogP contribution in [0.4, 0.5) is 10.1 Å². The Hall–Kier alpha value is -2.63.